The Labute approximate surface area is 165 Å². The number of hydrogen-bond donors (Lipinski definition) is 0. The van der Waals surface area contributed by atoms with Crippen molar-refractivity contribution in [3.8, 4) is 0 Å². The Morgan fingerprint density at radius 1 is 0.857 bits per heavy atom. The highest BCUT2D eigenvalue weighted by Crippen LogP contribution is 2.18. The third-order valence-corrected chi connectivity index (χ3v) is 4.88. The van der Waals surface area contributed by atoms with E-state index in [9.17, 15) is 9.59 Å². The molecule has 146 valence electrons. The third kappa shape index (κ3) is 3.76. The first-order valence-electron chi connectivity index (χ1n) is 9.70. The standard InChI is InChI=1S/C22H26N4O2/c1-4-24(5-2)22(28)20-23-19(18-14-10-11-15-26(18)20)21(27)25(6-3)16-17-12-8-7-9-13-17/h7-15H,4-6,16H2,1-3H3. The highest BCUT2D eigenvalue weighted by atomic mass is 16.2. The van der Waals surface area contributed by atoms with E-state index in [1.54, 1.807) is 20.4 Å². The second-order valence-electron chi connectivity index (χ2n) is 6.52. The van der Waals surface area contributed by atoms with E-state index in [0.29, 0.717) is 37.4 Å². The average Bonchev–Trinajstić information content (AvgIpc) is 3.13. The highest BCUT2D eigenvalue weighted by Gasteiger charge is 2.26. The van der Waals surface area contributed by atoms with Gasteiger partial charge in [-0.15, -0.1) is 0 Å². The third-order valence-electron chi connectivity index (χ3n) is 4.88. The van der Waals surface area contributed by atoms with Crippen LogP contribution in [0.1, 0.15) is 47.4 Å². The number of carbonyl (C=O) groups is 2. The Hall–Kier alpha value is -3.15. The summed E-state index contributed by atoms with van der Waals surface area (Å²) in [5, 5.41) is 0. The van der Waals surface area contributed by atoms with Gasteiger partial charge in [0.1, 0.15) is 0 Å². The molecule has 6 nitrogen and oxygen atoms in total. The highest BCUT2D eigenvalue weighted by molar-refractivity contribution is 6.02. The molecule has 0 aliphatic carbocycles. The molecule has 2 amide bonds. The number of amides is 2. The lowest BCUT2D eigenvalue weighted by Crippen LogP contribution is -2.32. The van der Waals surface area contributed by atoms with E-state index in [4.69, 9.17) is 0 Å². The van der Waals surface area contributed by atoms with E-state index in [1.165, 1.54) is 0 Å². The second-order valence-corrected chi connectivity index (χ2v) is 6.52. The molecule has 3 aromatic rings. The van der Waals surface area contributed by atoms with E-state index in [2.05, 4.69) is 4.98 Å². The van der Waals surface area contributed by atoms with Crippen LogP contribution in [-0.2, 0) is 6.54 Å². The average molecular weight is 378 g/mol. The lowest BCUT2D eigenvalue weighted by molar-refractivity contribution is 0.0748. The zero-order valence-corrected chi connectivity index (χ0v) is 16.6. The summed E-state index contributed by atoms with van der Waals surface area (Å²) >= 11 is 0. The summed E-state index contributed by atoms with van der Waals surface area (Å²) in [6, 6.07) is 15.4. The van der Waals surface area contributed by atoms with Gasteiger partial charge in [0.05, 0.1) is 5.52 Å². The molecule has 0 spiro atoms. The molecule has 3 rings (SSSR count). The number of rotatable bonds is 7. The van der Waals surface area contributed by atoms with Crippen LogP contribution in [0.15, 0.2) is 54.7 Å². The van der Waals surface area contributed by atoms with Crippen molar-refractivity contribution < 1.29 is 9.59 Å². The first-order chi connectivity index (χ1) is 13.6. The number of nitrogens with zero attached hydrogens (tertiary/aromatic N) is 4. The number of carbonyl (C=O) groups excluding carboxylic acids is 2. The van der Waals surface area contributed by atoms with Crippen LogP contribution in [0.5, 0.6) is 0 Å². The maximum absolute atomic E-state index is 13.3. The predicted octanol–water partition coefficient (Wildman–Crippen LogP) is 3.48. The molecule has 0 bridgehead atoms. The van der Waals surface area contributed by atoms with Gasteiger partial charge in [-0.2, -0.15) is 0 Å². The Morgan fingerprint density at radius 2 is 1.50 bits per heavy atom. The van der Waals surface area contributed by atoms with Crippen molar-refractivity contribution >= 4 is 17.3 Å². The number of hydrogen-bond acceptors (Lipinski definition) is 3. The summed E-state index contributed by atoms with van der Waals surface area (Å²) in [4.78, 5) is 34.1. The molecule has 2 aromatic heterocycles. The van der Waals surface area contributed by atoms with Crippen molar-refractivity contribution in [1.29, 1.82) is 0 Å². The van der Waals surface area contributed by atoms with E-state index < -0.39 is 0 Å². The molecule has 0 saturated carbocycles. The van der Waals surface area contributed by atoms with E-state index in [-0.39, 0.29) is 17.6 Å². The minimum Gasteiger partial charge on any atom is -0.337 e. The quantitative estimate of drug-likeness (QED) is 0.632. The second kappa shape index (κ2) is 8.69. The van der Waals surface area contributed by atoms with Crippen molar-refractivity contribution in [2.45, 2.75) is 27.3 Å². The van der Waals surface area contributed by atoms with Gasteiger partial charge in [-0.3, -0.25) is 14.0 Å². The van der Waals surface area contributed by atoms with Crippen LogP contribution in [-0.4, -0.2) is 50.6 Å². The molecule has 0 aliphatic heterocycles. The molecule has 2 heterocycles. The van der Waals surface area contributed by atoms with Gasteiger partial charge in [0.15, 0.2) is 5.69 Å². The van der Waals surface area contributed by atoms with Crippen molar-refractivity contribution in [2.24, 2.45) is 0 Å². The lowest BCUT2D eigenvalue weighted by Gasteiger charge is -2.20. The van der Waals surface area contributed by atoms with E-state index in [1.807, 2.05) is 69.3 Å². The van der Waals surface area contributed by atoms with E-state index >= 15 is 0 Å². The van der Waals surface area contributed by atoms with Crippen LogP contribution in [0.2, 0.25) is 0 Å². The van der Waals surface area contributed by atoms with Gasteiger partial charge in [-0.25, -0.2) is 4.98 Å². The van der Waals surface area contributed by atoms with Gasteiger partial charge < -0.3 is 9.80 Å². The molecule has 0 aliphatic rings. The van der Waals surface area contributed by atoms with Crippen molar-refractivity contribution in [2.75, 3.05) is 19.6 Å². The Balaban J connectivity index is 2.00. The molecule has 0 saturated heterocycles. The SMILES string of the molecule is CCN(Cc1ccccc1)C(=O)c1nc(C(=O)N(CC)CC)n2ccccc12. The van der Waals surface area contributed by atoms with Gasteiger partial charge >= 0.3 is 0 Å². The van der Waals surface area contributed by atoms with Gasteiger partial charge in [0.25, 0.3) is 11.8 Å². The molecule has 0 radical (unpaired) electrons. The number of aromatic nitrogens is 2. The largest absolute Gasteiger partial charge is 0.337 e. The maximum atomic E-state index is 13.3. The van der Waals surface area contributed by atoms with Crippen LogP contribution in [0.3, 0.4) is 0 Å². The summed E-state index contributed by atoms with van der Waals surface area (Å²) in [7, 11) is 0. The van der Waals surface area contributed by atoms with Gasteiger partial charge in [0, 0.05) is 32.4 Å². The number of fused-ring (bicyclic) bond motifs is 1. The smallest absolute Gasteiger partial charge is 0.290 e. The molecular weight excluding hydrogens is 352 g/mol. The van der Waals surface area contributed by atoms with Crippen LogP contribution >= 0.6 is 0 Å². The maximum Gasteiger partial charge on any atom is 0.290 e. The monoisotopic (exact) mass is 378 g/mol. The van der Waals surface area contributed by atoms with E-state index in [0.717, 1.165) is 5.56 Å². The van der Waals surface area contributed by atoms with Crippen molar-refractivity contribution in [3.05, 3.63) is 71.8 Å². The summed E-state index contributed by atoms with van der Waals surface area (Å²) in [6.07, 6.45) is 1.78. The Kier molecular flexibility index (Phi) is 6.09. The zero-order chi connectivity index (χ0) is 20.1. The van der Waals surface area contributed by atoms with Crippen LogP contribution in [0, 0.1) is 0 Å². The fraction of sp³-hybridized carbons (Fsp3) is 0.318. The molecule has 28 heavy (non-hydrogen) atoms. The lowest BCUT2D eigenvalue weighted by atomic mass is 10.2. The minimum atomic E-state index is -0.173. The topological polar surface area (TPSA) is 57.9 Å². The van der Waals surface area contributed by atoms with Gasteiger partial charge in [0.2, 0.25) is 5.82 Å². The van der Waals surface area contributed by atoms with Crippen molar-refractivity contribution in [1.82, 2.24) is 19.2 Å². The van der Waals surface area contributed by atoms with Crippen LogP contribution in [0.4, 0.5) is 0 Å². The first-order valence-corrected chi connectivity index (χ1v) is 9.70. The fourth-order valence-electron chi connectivity index (χ4n) is 3.28. The van der Waals surface area contributed by atoms with Crippen LogP contribution < -0.4 is 0 Å². The molecular formula is C22H26N4O2. The van der Waals surface area contributed by atoms with Gasteiger partial charge in [-0.1, -0.05) is 36.4 Å². The zero-order valence-electron chi connectivity index (χ0n) is 16.6. The Bertz CT molecular complexity index is 961. The Morgan fingerprint density at radius 3 is 2.14 bits per heavy atom. The summed E-state index contributed by atoms with van der Waals surface area (Å²) in [5.74, 6) is -0.0663. The number of benzene rings is 1. The summed E-state index contributed by atoms with van der Waals surface area (Å²) in [6.45, 7) is 8.05. The predicted molar refractivity (Wildman–Crippen MR) is 109 cm³/mol. The molecule has 0 fully saturated rings. The molecule has 0 unspecified atom stereocenters. The number of pyridine rings is 1. The fourth-order valence-corrected chi connectivity index (χ4v) is 3.28. The molecule has 0 atom stereocenters. The molecule has 1 aromatic carbocycles. The summed E-state index contributed by atoms with van der Waals surface area (Å²) in [5.41, 5.74) is 2.02. The minimum absolute atomic E-state index is 0.170. The normalized spacial score (nSPS) is 10.8. The first kappa shape index (κ1) is 19.6. The molecule has 0 N–H and O–H groups in total. The van der Waals surface area contributed by atoms with Crippen LogP contribution in [0.25, 0.3) is 5.52 Å². The number of imidazole rings is 1. The van der Waals surface area contributed by atoms with Crippen molar-refractivity contribution in [3.63, 3.8) is 0 Å². The van der Waals surface area contributed by atoms with Gasteiger partial charge in [-0.05, 0) is 38.5 Å². The molecule has 6 heteroatoms. The summed E-state index contributed by atoms with van der Waals surface area (Å²) < 4.78 is 1.71.